The Kier molecular flexibility index (Phi) is 6.23. The van der Waals surface area contributed by atoms with Gasteiger partial charge < -0.3 is 15.0 Å². The number of hydrogen-bond acceptors (Lipinski definition) is 3. The highest BCUT2D eigenvalue weighted by molar-refractivity contribution is 5.94. The Hall–Kier alpha value is -2.96. The zero-order valence-corrected chi connectivity index (χ0v) is 15.6. The number of ether oxygens (including phenoxy) is 1. The van der Waals surface area contributed by atoms with Crippen molar-refractivity contribution >= 4 is 11.8 Å². The van der Waals surface area contributed by atoms with Crippen molar-refractivity contribution in [3.63, 3.8) is 0 Å². The SMILES string of the molecule is Cc1ccc(OCC(=O)N2CCC(NC(=O)c3ccc(F)cc3F)CC2)cc1. The molecule has 0 bridgehead atoms. The summed E-state index contributed by atoms with van der Waals surface area (Å²) in [4.78, 5) is 26.2. The molecule has 148 valence electrons. The predicted molar refractivity (Wildman–Crippen MR) is 100 cm³/mol. The number of likely N-dealkylation sites (tertiary alicyclic amines) is 1. The molecule has 2 aromatic carbocycles. The normalized spacial score (nSPS) is 14.6. The highest BCUT2D eigenvalue weighted by atomic mass is 19.1. The minimum absolute atomic E-state index is 0.0408. The summed E-state index contributed by atoms with van der Waals surface area (Å²) in [6.07, 6.45) is 1.12. The minimum Gasteiger partial charge on any atom is -0.484 e. The van der Waals surface area contributed by atoms with Crippen molar-refractivity contribution in [2.75, 3.05) is 19.7 Å². The van der Waals surface area contributed by atoms with E-state index in [-0.39, 0.29) is 24.1 Å². The number of nitrogens with one attached hydrogen (secondary N) is 1. The molecular formula is C21H22F2N2O3. The van der Waals surface area contributed by atoms with Crippen LogP contribution in [0.5, 0.6) is 5.75 Å². The van der Waals surface area contributed by atoms with Crippen LogP contribution in [0.4, 0.5) is 8.78 Å². The molecule has 0 spiro atoms. The number of benzene rings is 2. The molecule has 7 heteroatoms. The van der Waals surface area contributed by atoms with Crippen LogP contribution in [-0.2, 0) is 4.79 Å². The molecule has 1 saturated heterocycles. The zero-order valence-electron chi connectivity index (χ0n) is 15.6. The largest absolute Gasteiger partial charge is 0.484 e. The molecule has 0 radical (unpaired) electrons. The lowest BCUT2D eigenvalue weighted by molar-refractivity contribution is -0.134. The number of aryl methyl sites for hydroxylation is 1. The number of nitrogens with zero attached hydrogens (tertiary/aromatic N) is 1. The molecule has 2 amide bonds. The van der Waals surface area contributed by atoms with Gasteiger partial charge in [0.2, 0.25) is 0 Å². The van der Waals surface area contributed by atoms with Gasteiger partial charge in [0.05, 0.1) is 5.56 Å². The zero-order chi connectivity index (χ0) is 20.1. The summed E-state index contributed by atoms with van der Waals surface area (Å²) in [5, 5.41) is 2.75. The van der Waals surface area contributed by atoms with Crippen molar-refractivity contribution in [3.05, 3.63) is 65.2 Å². The van der Waals surface area contributed by atoms with Crippen molar-refractivity contribution < 1.29 is 23.1 Å². The summed E-state index contributed by atoms with van der Waals surface area (Å²) < 4.78 is 32.2. The third-order valence-corrected chi connectivity index (χ3v) is 4.74. The van der Waals surface area contributed by atoms with Crippen LogP contribution in [0.2, 0.25) is 0 Å². The third-order valence-electron chi connectivity index (χ3n) is 4.74. The van der Waals surface area contributed by atoms with Gasteiger partial charge in [-0.2, -0.15) is 0 Å². The summed E-state index contributed by atoms with van der Waals surface area (Å²) in [5.74, 6) is -1.67. The number of rotatable bonds is 5. The second-order valence-corrected chi connectivity index (χ2v) is 6.85. The lowest BCUT2D eigenvalue weighted by Gasteiger charge is -2.32. The van der Waals surface area contributed by atoms with E-state index in [1.807, 2.05) is 31.2 Å². The number of hydrogen-bond donors (Lipinski definition) is 1. The Morgan fingerprint density at radius 1 is 1.11 bits per heavy atom. The van der Waals surface area contributed by atoms with Gasteiger partial charge in [-0.25, -0.2) is 8.78 Å². The van der Waals surface area contributed by atoms with Crippen molar-refractivity contribution in [1.82, 2.24) is 10.2 Å². The maximum atomic E-state index is 13.7. The maximum absolute atomic E-state index is 13.7. The van der Waals surface area contributed by atoms with Gasteiger partial charge in [0, 0.05) is 25.2 Å². The quantitative estimate of drug-likeness (QED) is 0.857. The maximum Gasteiger partial charge on any atom is 0.260 e. The molecule has 1 aliphatic heterocycles. The van der Waals surface area contributed by atoms with E-state index in [0.717, 1.165) is 17.7 Å². The van der Waals surface area contributed by atoms with Crippen LogP contribution < -0.4 is 10.1 Å². The molecule has 5 nitrogen and oxygen atoms in total. The molecule has 0 unspecified atom stereocenters. The number of amides is 2. The highest BCUT2D eigenvalue weighted by Crippen LogP contribution is 2.15. The summed E-state index contributed by atoms with van der Waals surface area (Å²) >= 11 is 0. The fraction of sp³-hybridized carbons (Fsp3) is 0.333. The Morgan fingerprint density at radius 3 is 2.43 bits per heavy atom. The lowest BCUT2D eigenvalue weighted by atomic mass is 10.0. The monoisotopic (exact) mass is 388 g/mol. The summed E-state index contributed by atoms with van der Waals surface area (Å²) in [5.41, 5.74) is 0.926. The van der Waals surface area contributed by atoms with Crippen LogP contribution in [0, 0.1) is 18.6 Å². The lowest BCUT2D eigenvalue weighted by Crippen LogP contribution is -2.47. The number of carbonyl (C=O) groups is 2. The van der Waals surface area contributed by atoms with Crippen LogP contribution in [-0.4, -0.2) is 42.5 Å². The smallest absolute Gasteiger partial charge is 0.260 e. The molecule has 1 fully saturated rings. The molecule has 0 saturated carbocycles. The Bertz CT molecular complexity index is 847. The van der Waals surface area contributed by atoms with Gasteiger partial charge in [0.15, 0.2) is 6.61 Å². The molecule has 0 aromatic heterocycles. The van der Waals surface area contributed by atoms with Crippen LogP contribution >= 0.6 is 0 Å². The first kappa shape index (κ1) is 19.8. The van der Waals surface area contributed by atoms with E-state index in [4.69, 9.17) is 4.74 Å². The average molecular weight is 388 g/mol. The Labute approximate surface area is 162 Å². The van der Waals surface area contributed by atoms with Gasteiger partial charge in [-0.05, 0) is 44.0 Å². The van der Waals surface area contributed by atoms with E-state index in [1.54, 1.807) is 4.90 Å². The predicted octanol–water partition coefficient (Wildman–Crippen LogP) is 3.07. The van der Waals surface area contributed by atoms with E-state index in [1.165, 1.54) is 0 Å². The van der Waals surface area contributed by atoms with Crippen LogP contribution in [0.25, 0.3) is 0 Å². The Morgan fingerprint density at radius 2 is 1.79 bits per heavy atom. The van der Waals surface area contributed by atoms with Crippen LogP contribution in [0.1, 0.15) is 28.8 Å². The molecule has 0 aliphatic carbocycles. The van der Waals surface area contributed by atoms with Gasteiger partial charge >= 0.3 is 0 Å². The van der Waals surface area contributed by atoms with Crippen molar-refractivity contribution in [2.24, 2.45) is 0 Å². The molecule has 1 N–H and O–H groups in total. The van der Waals surface area contributed by atoms with E-state index < -0.39 is 17.5 Å². The van der Waals surface area contributed by atoms with Crippen LogP contribution in [0.3, 0.4) is 0 Å². The van der Waals surface area contributed by atoms with E-state index >= 15 is 0 Å². The van der Waals surface area contributed by atoms with Crippen LogP contribution in [0.15, 0.2) is 42.5 Å². The second-order valence-electron chi connectivity index (χ2n) is 6.85. The van der Waals surface area contributed by atoms with Gasteiger partial charge in [-0.1, -0.05) is 17.7 Å². The first-order chi connectivity index (χ1) is 13.4. The van der Waals surface area contributed by atoms with Gasteiger partial charge in [-0.3, -0.25) is 9.59 Å². The Balaban J connectivity index is 1.45. The van der Waals surface area contributed by atoms with Gasteiger partial charge in [0.1, 0.15) is 17.4 Å². The third kappa shape index (κ3) is 5.06. The molecule has 3 rings (SSSR count). The minimum atomic E-state index is -0.890. The summed E-state index contributed by atoms with van der Waals surface area (Å²) in [7, 11) is 0. The van der Waals surface area contributed by atoms with Gasteiger partial charge in [0.25, 0.3) is 11.8 Å². The second kappa shape index (κ2) is 8.82. The number of piperidine rings is 1. The fourth-order valence-corrected chi connectivity index (χ4v) is 3.08. The van der Waals surface area contributed by atoms with Crippen molar-refractivity contribution in [3.8, 4) is 5.75 Å². The summed E-state index contributed by atoms with van der Waals surface area (Å²) in [6.45, 7) is 2.89. The van der Waals surface area contributed by atoms with E-state index in [9.17, 15) is 18.4 Å². The summed E-state index contributed by atoms with van der Waals surface area (Å²) in [6, 6.07) is 10.2. The van der Waals surface area contributed by atoms with Crippen molar-refractivity contribution in [1.29, 1.82) is 0 Å². The van der Waals surface area contributed by atoms with Gasteiger partial charge in [-0.15, -0.1) is 0 Å². The van der Waals surface area contributed by atoms with E-state index in [0.29, 0.717) is 37.7 Å². The molecule has 1 heterocycles. The number of carbonyl (C=O) groups excluding carboxylic acids is 2. The first-order valence-electron chi connectivity index (χ1n) is 9.15. The molecular weight excluding hydrogens is 366 g/mol. The first-order valence-corrected chi connectivity index (χ1v) is 9.15. The molecule has 2 aromatic rings. The number of halogens is 2. The molecule has 28 heavy (non-hydrogen) atoms. The topological polar surface area (TPSA) is 58.6 Å². The molecule has 0 atom stereocenters. The fourth-order valence-electron chi connectivity index (χ4n) is 3.08. The molecule has 1 aliphatic rings. The average Bonchev–Trinajstić information content (AvgIpc) is 2.67. The standard InChI is InChI=1S/C21H22F2N2O3/c1-14-2-5-17(6-3-14)28-13-20(26)25-10-8-16(9-11-25)24-21(27)18-7-4-15(22)12-19(18)23/h2-7,12,16H,8-11,13H2,1H3,(H,24,27). The van der Waals surface area contributed by atoms with Crippen molar-refractivity contribution in [2.45, 2.75) is 25.8 Å². The highest BCUT2D eigenvalue weighted by Gasteiger charge is 2.25. The van der Waals surface area contributed by atoms with E-state index in [2.05, 4.69) is 5.32 Å².